The summed E-state index contributed by atoms with van der Waals surface area (Å²) in [4.78, 5) is 45.7. The number of carbonyl (C=O) groups excluding carboxylic acids is 3. The zero-order chi connectivity index (χ0) is 21.8. The van der Waals surface area contributed by atoms with Gasteiger partial charge in [-0.3, -0.25) is 19.7 Å². The van der Waals surface area contributed by atoms with Gasteiger partial charge in [-0.2, -0.15) is 0 Å². The number of anilines is 1. The van der Waals surface area contributed by atoms with Crippen LogP contribution < -0.4 is 15.5 Å². The quantitative estimate of drug-likeness (QED) is 0.689. The van der Waals surface area contributed by atoms with Gasteiger partial charge in [0.15, 0.2) is 0 Å². The second-order valence-electron chi connectivity index (χ2n) is 9.18. The fraction of sp³-hybridized carbons (Fsp3) is 0.478. The number of imidazole rings is 1. The molecular weight excluding hydrogens is 408 g/mol. The van der Waals surface area contributed by atoms with Crippen molar-refractivity contribution >= 4 is 23.7 Å². The summed E-state index contributed by atoms with van der Waals surface area (Å²) in [6.45, 7) is 5.02. The summed E-state index contributed by atoms with van der Waals surface area (Å²) in [5.74, 6) is 0.742. The third kappa shape index (κ3) is 3.19. The second-order valence-corrected chi connectivity index (χ2v) is 9.18. The molecule has 6 rings (SSSR count). The molecule has 1 atom stereocenters. The highest BCUT2D eigenvalue weighted by atomic mass is 16.2. The number of fused-ring (bicyclic) bond motifs is 2. The highest BCUT2D eigenvalue weighted by Crippen LogP contribution is 2.30. The van der Waals surface area contributed by atoms with Crippen LogP contribution in [0, 0.1) is 0 Å². The van der Waals surface area contributed by atoms with Crippen LogP contribution in [-0.4, -0.2) is 57.8 Å². The summed E-state index contributed by atoms with van der Waals surface area (Å²) in [5.41, 5.74) is 3.82. The fourth-order valence-electron chi connectivity index (χ4n) is 5.14. The van der Waals surface area contributed by atoms with Gasteiger partial charge in [-0.25, -0.2) is 4.98 Å². The number of benzene rings is 1. The summed E-state index contributed by atoms with van der Waals surface area (Å²) < 4.78 is 2.25. The molecule has 2 N–H and O–H groups in total. The first-order valence-corrected chi connectivity index (χ1v) is 11.4. The molecule has 2 saturated heterocycles. The van der Waals surface area contributed by atoms with Crippen LogP contribution in [0.25, 0.3) is 0 Å². The minimum Gasteiger partial charge on any atom is -0.338 e. The van der Waals surface area contributed by atoms with E-state index in [1.54, 1.807) is 4.90 Å². The van der Waals surface area contributed by atoms with Crippen LogP contribution in [0.5, 0.6) is 0 Å². The number of nitrogens with zero attached hydrogens (tertiary/aromatic N) is 4. The van der Waals surface area contributed by atoms with Gasteiger partial charge in [-0.15, -0.1) is 0 Å². The minimum absolute atomic E-state index is 0.128. The molecule has 32 heavy (non-hydrogen) atoms. The van der Waals surface area contributed by atoms with Crippen molar-refractivity contribution in [3.63, 3.8) is 0 Å². The van der Waals surface area contributed by atoms with E-state index in [1.165, 1.54) is 0 Å². The molecule has 1 unspecified atom stereocenters. The zero-order valence-corrected chi connectivity index (χ0v) is 17.8. The first kappa shape index (κ1) is 19.5. The number of piperidine rings is 1. The van der Waals surface area contributed by atoms with Crippen LogP contribution in [0.2, 0.25) is 0 Å². The largest absolute Gasteiger partial charge is 0.338 e. The lowest BCUT2D eigenvalue weighted by Gasteiger charge is -2.29. The lowest BCUT2D eigenvalue weighted by Crippen LogP contribution is -2.52. The number of rotatable bonds is 4. The van der Waals surface area contributed by atoms with Gasteiger partial charge in [0.25, 0.3) is 5.91 Å². The summed E-state index contributed by atoms with van der Waals surface area (Å²) in [6, 6.07) is 5.45. The van der Waals surface area contributed by atoms with Crippen molar-refractivity contribution in [2.75, 3.05) is 24.5 Å². The maximum atomic E-state index is 13.1. The summed E-state index contributed by atoms with van der Waals surface area (Å²) >= 11 is 0. The Bertz CT molecular complexity index is 1120. The molecule has 4 aliphatic rings. The topological polar surface area (TPSA) is 99.6 Å². The first-order chi connectivity index (χ1) is 15.6. The van der Waals surface area contributed by atoms with Gasteiger partial charge in [0, 0.05) is 63.4 Å². The molecule has 0 saturated carbocycles. The van der Waals surface area contributed by atoms with Gasteiger partial charge in [-0.05, 0) is 30.0 Å². The van der Waals surface area contributed by atoms with Gasteiger partial charge in [-0.1, -0.05) is 12.1 Å². The smallest absolute Gasteiger partial charge is 0.255 e. The Morgan fingerprint density at radius 1 is 1.12 bits per heavy atom. The minimum atomic E-state index is -0.579. The third-order valence-electron chi connectivity index (χ3n) is 7.05. The highest BCUT2D eigenvalue weighted by Gasteiger charge is 2.39. The van der Waals surface area contributed by atoms with E-state index in [-0.39, 0.29) is 24.1 Å². The SMILES string of the molecule is O=C1CCC(N2Cc3ccc(CN4CCCn5cc(C6CNC6)nc54)cc3C2=O)C(=O)N1. The monoisotopic (exact) mass is 434 g/mol. The average Bonchev–Trinajstić information content (AvgIpc) is 3.29. The van der Waals surface area contributed by atoms with Crippen LogP contribution in [0.3, 0.4) is 0 Å². The van der Waals surface area contributed by atoms with E-state index < -0.39 is 6.04 Å². The summed E-state index contributed by atoms with van der Waals surface area (Å²) in [7, 11) is 0. The number of carbonyl (C=O) groups is 3. The summed E-state index contributed by atoms with van der Waals surface area (Å²) in [6.07, 6.45) is 3.91. The van der Waals surface area contributed by atoms with Crippen LogP contribution in [0.1, 0.15) is 52.4 Å². The van der Waals surface area contributed by atoms with E-state index in [9.17, 15) is 14.4 Å². The molecule has 0 aliphatic carbocycles. The van der Waals surface area contributed by atoms with Crippen molar-refractivity contribution in [2.45, 2.75) is 50.9 Å². The number of imide groups is 1. The van der Waals surface area contributed by atoms with Crippen molar-refractivity contribution in [3.8, 4) is 0 Å². The maximum Gasteiger partial charge on any atom is 0.255 e. The molecular formula is C23H26N6O3. The Morgan fingerprint density at radius 3 is 2.78 bits per heavy atom. The average molecular weight is 435 g/mol. The van der Waals surface area contributed by atoms with Crippen molar-refractivity contribution in [2.24, 2.45) is 0 Å². The van der Waals surface area contributed by atoms with Crippen LogP contribution >= 0.6 is 0 Å². The number of amides is 3. The van der Waals surface area contributed by atoms with Gasteiger partial charge in [0.2, 0.25) is 17.8 Å². The van der Waals surface area contributed by atoms with E-state index in [4.69, 9.17) is 4.98 Å². The number of nitrogens with one attached hydrogen (secondary N) is 2. The molecule has 5 heterocycles. The van der Waals surface area contributed by atoms with Crippen LogP contribution in [0.4, 0.5) is 5.95 Å². The highest BCUT2D eigenvalue weighted by molar-refractivity contribution is 6.05. The molecule has 2 aromatic rings. The van der Waals surface area contributed by atoms with Crippen LogP contribution in [-0.2, 0) is 29.2 Å². The van der Waals surface area contributed by atoms with Crippen molar-refractivity contribution in [1.29, 1.82) is 0 Å². The van der Waals surface area contributed by atoms with E-state index >= 15 is 0 Å². The predicted octanol–water partition coefficient (Wildman–Crippen LogP) is 0.741. The van der Waals surface area contributed by atoms with E-state index in [0.717, 1.165) is 55.4 Å². The molecule has 3 amide bonds. The predicted molar refractivity (Wildman–Crippen MR) is 116 cm³/mol. The molecule has 0 radical (unpaired) electrons. The fourth-order valence-corrected chi connectivity index (χ4v) is 5.14. The molecule has 0 spiro atoms. The van der Waals surface area contributed by atoms with E-state index in [2.05, 4.69) is 32.4 Å². The Kier molecular flexibility index (Phi) is 4.53. The lowest BCUT2D eigenvalue weighted by atomic mass is 10.0. The Morgan fingerprint density at radius 2 is 2.00 bits per heavy atom. The molecule has 9 nitrogen and oxygen atoms in total. The molecule has 2 fully saturated rings. The van der Waals surface area contributed by atoms with E-state index in [0.29, 0.717) is 31.0 Å². The zero-order valence-electron chi connectivity index (χ0n) is 17.8. The van der Waals surface area contributed by atoms with Crippen molar-refractivity contribution in [3.05, 3.63) is 46.8 Å². The second kappa shape index (κ2) is 7.44. The number of aryl methyl sites for hydroxylation is 1. The standard InChI is InChI=1S/C23H26N6O3/c30-20-5-4-19(21(31)26-20)29-12-15-3-2-14(8-17(15)22(29)32)11-27-6-1-7-28-13-18(25-23(27)28)16-9-24-10-16/h2-3,8,13,16,19,24H,1,4-7,9-12H2,(H,26,30,31). The summed E-state index contributed by atoms with van der Waals surface area (Å²) in [5, 5.41) is 5.67. The molecule has 9 heteroatoms. The molecule has 1 aromatic carbocycles. The Hall–Kier alpha value is -3.20. The number of hydrogen-bond donors (Lipinski definition) is 2. The number of hydrogen-bond acceptors (Lipinski definition) is 6. The Balaban J connectivity index is 1.21. The van der Waals surface area contributed by atoms with Crippen LogP contribution in [0.15, 0.2) is 24.4 Å². The number of aromatic nitrogens is 2. The normalized spacial score (nSPS) is 23.1. The molecule has 0 bridgehead atoms. The van der Waals surface area contributed by atoms with Gasteiger partial charge in [0.1, 0.15) is 6.04 Å². The van der Waals surface area contributed by atoms with Crippen molar-refractivity contribution in [1.82, 2.24) is 25.1 Å². The molecule has 4 aliphatic heterocycles. The molecule has 1 aromatic heterocycles. The maximum absolute atomic E-state index is 13.1. The van der Waals surface area contributed by atoms with Crippen molar-refractivity contribution < 1.29 is 14.4 Å². The van der Waals surface area contributed by atoms with Gasteiger partial charge in [0.05, 0.1) is 5.69 Å². The lowest BCUT2D eigenvalue weighted by molar-refractivity contribution is -0.136. The van der Waals surface area contributed by atoms with Gasteiger partial charge < -0.3 is 19.7 Å². The molecule has 166 valence electrons. The van der Waals surface area contributed by atoms with Gasteiger partial charge >= 0.3 is 0 Å². The first-order valence-electron chi connectivity index (χ1n) is 11.4. The third-order valence-corrected chi connectivity index (χ3v) is 7.05. The van der Waals surface area contributed by atoms with E-state index in [1.807, 2.05) is 12.1 Å². The Labute approximate surface area is 185 Å².